The summed E-state index contributed by atoms with van der Waals surface area (Å²) in [6.45, 7) is 0.456. The molecule has 0 bridgehead atoms. The van der Waals surface area contributed by atoms with E-state index in [0.29, 0.717) is 13.0 Å². The van der Waals surface area contributed by atoms with E-state index in [1.807, 2.05) is 11.4 Å². The topological polar surface area (TPSA) is 29.1 Å². The highest BCUT2D eigenvalue weighted by Crippen LogP contribution is 2.11. The van der Waals surface area contributed by atoms with E-state index in [0.717, 1.165) is 18.4 Å². The Bertz CT molecular complexity index is 507. The minimum absolute atomic E-state index is 0.0425. The van der Waals surface area contributed by atoms with Crippen molar-refractivity contribution < 1.29 is 9.18 Å². The van der Waals surface area contributed by atoms with Gasteiger partial charge in [-0.2, -0.15) is 0 Å². The second-order valence-electron chi connectivity index (χ2n) is 4.34. The van der Waals surface area contributed by atoms with Crippen LogP contribution in [0.5, 0.6) is 0 Å². The van der Waals surface area contributed by atoms with Gasteiger partial charge in [0.1, 0.15) is 5.82 Å². The minimum atomic E-state index is -0.258. The molecule has 0 unspecified atom stereocenters. The van der Waals surface area contributed by atoms with Crippen LogP contribution in [0, 0.1) is 5.82 Å². The lowest BCUT2D eigenvalue weighted by atomic mass is 10.2. The van der Waals surface area contributed by atoms with Gasteiger partial charge in [-0.3, -0.25) is 4.79 Å². The fourth-order valence-corrected chi connectivity index (χ4v) is 2.52. The minimum Gasteiger partial charge on any atom is -0.352 e. The Morgan fingerprint density at radius 1 is 1.21 bits per heavy atom. The van der Waals surface area contributed by atoms with E-state index < -0.39 is 0 Å². The zero-order valence-corrected chi connectivity index (χ0v) is 11.4. The molecule has 4 heteroatoms. The first-order valence-electron chi connectivity index (χ1n) is 6.27. The zero-order valence-electron chi connectivity index (χ0n) is 10.6. The molecule has 1 aromatic heterocycles. The van der Waals surface area contributed by atoms with Crippen molar-refractivity contribution in [3.05, 3.63) is 58.0 Å². The molecule has 1 N–H and O–H groups in total. The van der Waals surface area contributed by atoms with E-state index in [2.05, 4.69) is 11.4 Å². The van der Waals surface area contributed by atoms with Crippen molar-refractivity contribution in [1.82, 2.24) is 5.32 Å². The van der Waals surface area contributed by atoms with Crippen molar-refractivity contribution in [3.63, 3.8) is 0 Å². The summed E-state index contributed by atoms with van der Waals surface area (Å²) in [5.74, 6) is -0.216. The van der Waals surface area contributed by atoms with Crippen molar-refractivity contribution in [1.29, 1.82) is 0 Å². The molecule has 0 radical (unpaired) electrons. The van der Waals surface area contributed by atoms with E-state index in [1.165, 1.54) is 17.0 Å². The van der Waals surface area contributed by atoms with Gasteiger partial charge in [0, 0.05) is 17.8 Å². The molecule has 2 nitrogen and oxygen atoms in total. The fraction of sp³-hybridized carbons (Fsp3) is 0.267. The Morgan fingerprint density at radius 2 is 2.00 bits per heavy atom. The SMILES string of the molecule is O=C(CCCc1cccs1)NCc1ccc(F)cc1. The third kappa shape index (κ3) is 4.83. The van der Waals surface area contributed by atoms with Crippen LogP contribution in [0.3, 0.4) is 0 Å². The molecule has 0 atom stereocenters. The van der Waals surface area contributed by atoms with Crippen LogP contribution in [0.15, 0.2) is 41.8 Å². The number of carbonyl (C=O) groups is 1. The van der Waals surface area contributed by atoms with Crippen LogP contribution < -0.4 is 5.32 Å². The van der Waals surface area contributed by atoms with Crippen molar-refractivity contribution >= 4 is 17.2 Å². The van der Waals surface area contributed by atoms with E-state index in [1.54, 1.807) is 23.5 Å². The number of hydrogen-bond donors (Lipinski definition) is 1. The standard InChI is InChI=1S/C15H16FNOS/c16-13-8-6-12(7-9-13)11-17-15(18)5-1-3-14-4-2-10-19-14/h2,4,6-10H,1,3,5,11H2,(H,17,18). The number of nitrogens with one attached hydrogen (secondary N) is 1. The lowest BCUT2D eigenvalue weighted by molar-refractivity contribution is -0.121. The number of thiophene rings is 1. The van der Waals surface area contributed by atoms with Crippen LogP contribution >= 0.6 is 11.3 Å². The average Bonchev–Trinajstić information content (AvgIpc) is 2.91. The zero-order chi connectivity index (χ0) is 13.5. The summed E-state index contributed by atoms with van der Waals surface area (Å²) in [5, 5.41) is 4.89. The maximum atomic E-state index is 12.7. The van der Waals surface area contributed by atoms with Gasteiger partial charge in [-0.15, -0.1) is 11.3 Å². The molecule has 1 amide bonds. The predicted molar refractivity (Wildman–Crippen MR) is 75.5 cm³/mol. The summed E-state index contributed by atoms with van der Waals surface area (Å²) < 4.78 is 12.7. The maximum absolute atomic E-state index is 12.7. The third-order valence-electron chi connectivity index (χ3n) is 2.81. The van der Waals surface area contributed by atoms with Crippen LogP contribution in [0.2, 0.25) is 0 Å². The Labute approximate surface area is 116 Å². The molecule has 1 aromatic carbocycles. The first kappa shape index (κ1) is 13.7. The van der Waals surface area contributed by atoms with Crippen molar-refractivity contribution in [2.24, 2.45) is 0 Å². The number of rotatable bonds is 6. The lowest BCUT2D eigenvalue weighted by Crippen LogP contribution is -2.22. The summed E-state index contributed by atoms with van der Waals surface area (Å²) in [6.07, 6.45) is 2.33. The van der Waals surface area contributed by atoms with Crippen LogP contribution in [-0.2, 0) is 17.8 Å². The Kier molecular flexibility index (Phi) is 5.10. The largest absolute Gasteiger partial charge is 0.352 e. The van der Waals surface area contributed by atoms with Gasteiger partial charge in [0.2, 0.25) is 5.91 Å². The molecule has 19 heavy (non-hydrogen) atoms. The van der Waals surface area contributed by atoms with E-state index in [9.17, 15) is 9.18 Å². The molecule has 0 aliphatic carbocycles. The van der Waals surface area contributed by atoms with Gasteiger partial charge >= 0.3 is 0 Å². The smallest absolute Gasteiger partial charge is 0.220 e. The second-order valence-corrected chi connectivity index (χ2v) is 5.37. The molecule has 100 valence electrons. The highest BCUT2D eigenvalue weighted by atomic mass is 32.1. The van der Waals surface area contributed by atoms with Gasteiger partial charge < -0.3 is 5.32 Å². The van der Waals surface area contributed by atoms with Gasteiger partial charge in [0.15, 0.2) is 0 Å². The van der Waals surface area contributed by atoms with Crippen LogP contribution in [0.1, 0.15) is 23.3 Å². The van der Waals surface area contributed by atoms with Gasteiger partial charge in [0.05, 0.1) is 0 Å². The molecule has 2 aromatic rings. The third-order valence-corrected chi connectivity index (χ3v) is 3.75. The number of carbonyl (C=O) groups excluding carboxylic acids is 1. The second kappa shape index (κ2) is 7.04. The lowest BCUT2D eigenvalue weighted by Gasteiger charge is -2.05. The Morgan fingerprint density at radius 3 is 2.68 bits per heavy atom. The molecular weight excluding hydrogens is 261 g/mol. The van der Waals surface area contributed by atoms with E-state index >= 15 is 0 Å². The number of aryl methyl sites for hydroxylation is 1. The van der Waals surface area contributed by atoms with Gasteiger partial charge in [-0.05, 0) is 42.0 Å². The number of amides is 1. The highest BCUT2D eigenvalue weighted by molar-refractivity contribution is 7.09. The maximum Gasteiger partial charge on any atom is 0.220 e. The van der Waals surface area contributed by atoms with Crippen LogP contribution in [0.4, 0.5) is 4.39 Å². The molecule has 0 aliphatic heterocycles. The monoisotopic (exact) mass is 277 g/mol. The number of halogens is 1. The van der Waals surface area contributed by atoms with Gasteiger partial charge in [-0.25, -0.2) is 4.39 Å². The summed E-state index contributed by atoms with van der Waals surface area (Å²) in [7, 11) is 0. The molecule has 0 aliphatic rings. The van der Waals surface area contributed by atoms with Crippen LogP contribution in [-0.4, -0.2) is 5.91 Å². The Balaban J connectivity index is 1.65. The van der Waals surface area contributed by atoms with Gasteiger partial charge in [0.25, 0.3) is 0 Å². The number of benzene rings is 1. The van der Waals surface area contributed by atoms with Crippen LogP contribution in [0.25, 0.3) is 0 Å². The molecule has 0 spiro atoms. The van der Waals surface area contributed by atoms with E-state index in [4.69, 9.17) is 0 Å². The van der Waals surface area contributed by atoms with Crippen molar-refractivity contribution in [2.45, 2.75) is 25.8 Å². The normalized spacial score (nSPS) is 10.4. The molecule has 0 saturated heterocycles. The predicted octanol–water partition coefficient (Wildman–Crippen LogP) is 3.53. The number of hydrogen-bond acceptors (Lipinski definition) is 2. The van der Waals surface area contributed by atoms with E-state index in [-0.39, 0.29) is 11.7 Å². The molecule has 2 rings (SSSR count). The quantitative estimate of drug-likeness (QED) is 0.860. The first-order valence-corrected chi connectivity index (χ1v) is 7.15. The summed E-state index contributed by atoms with van der Waals surface area (Å²) in [5.41, 5.74) is 0.910. The van der Waals surface area contributed by atoms with Crippen molar-refractivity contribution in [3.8, 4) is 0 Å². The summed E-state index contributed by atoms with van der Waals surface area (Å²) >= 11 is 1.72. The van der Waals surface area contributed by atoms with Crippen molar-refractivity contribution in [2.75, 3.05) is 0 Å². The summed E-state index contributed by atoms with van der Waals surface area (Å²) in [4.78, 5) is 12.9. The molecule has 0 fully saturated rings. The highest BCUT2D eigenvalue weighted by Gasteiger charge is 2.02. The summed E-state index contributed by atoms with van der Waals surface area (Å²) in [6, 6.07) is 10.3. The molecular formula is C15H16FNOS. The Hall–Kier alpha value is -1.68. The fourth-order valence-electron chi connectivity index (χ4n) is 1.77. The van der Waals surface area contributed by atoms with Gasteiger partial charge in [-0.1, -0.05) is 18.2 Å². The average molecular weight is 277 g/mol. The first-order chi connectivity index (χ1) is 9.24. The molecule has 0 saturated carbocycles. The molecule has 1 heterocycles.